The van der Waals surface area contributed by atoms with Crippen LogP contribution in [0.4, 0.5) is 17.5 Å². The number of nitrogens with two attached hydrogens (primary N) is 3. The van der Waals surface area contributed by atoms with Crippen LogP contribution < -0.4 is 32.7 Å². The molecule has 0 bridgehead atoms. The van der Waals surface area contributed by atoms with Gasteiger partial charge < -0.3 is 42.9 Å². The number of carboxylic acids is 2. The molecule has 3 aromatic rings. The van der Waals surface area contributed by atoms with Crippen LogP contribution in [0, 0.1) is 0 Å². The molecular formula is C26H34N10O6. The Morgan fingerprint density at radius 2 is 1.71 bits per heavy atom. The fourth-order valence-electron chi connectivity index (χ4n) is 3.99. The van der Waals surface area contributed by atoms with Gasteiger partial charge in [0.2, 0.25) is 11.9 Å². The predicted octanol–water partition coefficient (Wildman–Crippen LogP) is -0.118. The van der Waals surface area contributed by atoms with Crippen molar-refractivity contribution in [3.05, 3.63) is 41.7 Å². The number of unbranched alkanes of at least 4 members (excludes halogenated alkanes) is 1. The van der Waals surface area contributed by atoms with E-state index >= 15 is 0 Å². The first-order valence-corrected chi connectivity index (χ1v) is 13.1. The number of rotatable bonds is 15. The molecule has 0 fully saturated rings. The van der Waals surface area contributed by atoms with Gasteiger partial charge in [0.1, 0.15) is 12.1 Å². The Balaban J connectivity index is 1.58. The highest BCUT2D eigenvalue weighted by Crippen LogP contribution is 2.19. The first-order valence-electron chi connectivity index (χ1n) is 13.1. The van der Waals surface area contributed by atoms with Crippen molar-refractivity contribution in [3.63, 3.8) is 0 Å². The second-order valence-corrected chi connectivity index (χ2v) is 9.59. The summed E-state index contributed by atoms with van der Waals surface area (Å²) < 4.78 is 0. The second-order valence-electron chi connectivity index (χ2n) is 9.59. The molecule has 2 amide bonds. The van der Waals surface area contributed by atoms with E-state index in [1.54, 1.807) is 30.5 Å². The molecule has 16 heteroatoms. The number of carboxylic acid groups (broad SMARTS) is 2. The highest BCUT2D eigenvalue weighted by Gasteiger charge is 2.22. The molecule has 2 atom stereocenters. The molecule has 0 aliphatic heterocycles. The van der Waals surface area contributed by atoms with Crippen LogP contribution in [-0.2, 0) is 20.9 Å². The topological polar surface area (TPSA) is 266 Å². The van der Waals surface area contributed by atoms with Crippen molar-refractivity contribution >= 4 is 52.4 Å². The fraction of sp³-hybridized carbons (Fsp3) is 0.385. The molecular weight excluding hydrogens is 548 g/mol. The van der Waals surface area contributed by atoms with Gasteiger partial charge in [0.25, 0.3) is 5.91 Å². The lowest BCUT2D eigenvalue weighted by Gasteiger charge is -2.20. The Morgan fingerprint density at radius 3 is 2.38 bits per heavy atom. The molecule has 0 unspecified atom stereocenters. The van der Waals surface area contributed by atoms with Gasteiger partial charge in [-0.3, -0.25) is 19.2 Å². The van der Waals surface area contributed by atoms with E-state index in [2.05, 4.69) is 30.6 Å². The van der Waals surface area contributed by atoms with Gasteiger partial charge in [-0.1, -0.05) is 0 Å². The normalized spacial score (nSPS) is 12.3. The number of carbonyl (C=O) groups excluding carboxylic acids is 2. The Morgan fingerprint density at radius 1 is 1.00 bits per heavy atom. The minimum atomic E-state index is -1.10. The number of amides is 2. The molecule has 2 aromatic heterocycles. The zero-order valence-corrected chi connectivity index (χ0v) is 23.0. The average molecular weight is 583 g/mol. The molecule has 42 heavy (non-hydrogen) atoms. The van der Waals surface area contributed by atoms with Gasteiger partial charge >= 0.3 is 11.9 Å². The largest absolute Gasteiger partial charge is 0.481 e. The third-order valence-electron chi connectivity index (χ3n) is 6.30. The number of nitrogens with zero attached hydrogens (tertiary/aromatic N) is 5. The molecule has 0 saturated carbocycles. The SMILES string of the molecule is CN(Cc1cnc2nc(N)nc(N)c2n1)c1ccc(C(=O)N[C@H](CCC(=O)O)C(=O)NCCCC[C@H](N)C(=O)O)cc1. The minimum Gasteiger partial charge on any atom is -0.481 e. The molecule has 0 saturated heterocycles. The average Bonchev–Trinajstić information content (AvgIpc) is 2.94. The number of fused-ring (bicyclic) bond motifs is 1. The summed E-state index contributed by atoms with van der Waals surface area (Å²) >= 11 is 0. The van der Waals surface area contributed by atoms with Crippen LogP contribution in [0.5, 0.6) is 0 Å². The maximum Gasteiger partial charge on any atom is 0.320 e. The van der Waals surface area contributed by atoms with Crippen molar-refractivity contribution in [1.82, 2.24) is 30.6 Å². The van der Waals surface area contributed by atoms with E-state index in [4.69, 9.17) is 27.4 Å². The molecule has 0 aliphatic rings. The number of nitrogens with one attached hydrogen (secondary N) is 2. The maximum absolute atomic E-state index is 12.9. The molecule has 224 valence electrons. The van der Waals surface area contributed by atoms with Gasteiger partial charge in [-0.25, -0.2) is 9.97 Å². The highest BCUT2D eigenvalue weighted by atomic mass is 16.4. The van der Waals surface area contributed by atoms with Crippen molar-refractivity contribution < 1.29 is 29.4 Å². The van der Waals surface area contributed by atoms with Crippen molar-refractivity contribution in [2.75, 3.05) is 30.0 Å². The Kier molecular flexibility index (Phi) is 10.8. The number of hydrogen-bond donors (Lipinski definition) is 7. The van der Waals surface area contributed by atoms with Crippen LogP contribution in [0.1, 0.15) is 48.2 Å². The van der Waals surface area contributed by atoms with E-state index in [9.17, 15) is 19.2 Å². The summed E-state index contributed by atoms with van der Waals surface area (Å²) in [6.45, 7) is 0.582. The highest BCUT2D eigenvalue weighted by molar-refractivity contribution is 5.98. The zero-order valence-electron chi connectivity index (χ0n) is 23.0. The van der Waals surface area contributed by atoms with Crippen LogP contribution in [-0.4, -0.2) is 79.6 Å². The molecule has 1 aromatic carbocycles. The van der Waals surface area contributed by atoms with E-state index in [0.717, 1.165) is 5.69 Å². The number of benzene rings is 1. The van der Waals surface area contributed by atoms with Gasteiger partial charge in [-0.2, -0.15) is 9.97 Å². The van der Waals surface area contributed by atoms with Gasteiger partial charge in [0.15, 0.2) is 17.0 Å². The molecule has 16 nitrogen and oxygen atoms in total. The predicted molar refractivity (Wildman–Crippen MR) is 153 cm³/mol. The molecule has 3 rings (SSSR count). The Hall–Kier alpha value is -5.12. The van der Waals surface area contributed by atoms with Crippen LogP contribution in [0.25, 0.3) is 11.2 Å². The van der Waals surface area contributed by atoms with Crippen LogP contribution in [0.2, 0.25) is 0 Å². The Labute approximate surface area is 240 Å². The number of nitrogen functional groups attached to an aromatic ring is 2. The van der Waals surface area contributed by atoms with Gasteiger partial charge in [-0.05, 0) is 49.9 Å². The van der Waals surface area contributed by atoms with Gasteiger partial charge in [0, 0.05) is 31.3 Å². The van der Waals surface area contributed by atoms with Crippen molar-refractivity contribution in [2.45, 2.75) is 50.7 Å². The van der Waals surface area contributed by atoms with Crippen molar-refractivity contribution in [3.8, 4) is 0 Å². The third kappa shape index (κ3) is 8.95. The van der Waals surface area contributed by atoms with E-state index < -0.39 is 35.8 Å². The summed E-state index contributed by atoms with van der Waals surface area (Å²) in [6, 6.07) is 4.55. The monoisotopic (exact) mass is 582 g/mol. The molecule has 0 spiro atoms. The van der Waals surface area contributed by atoms with Gasteiger partial charge in [0.05, 0.1) is 18.4 Å². The lowest BCUT2D eigenvalue weighted by atomic mass is 10.1. The van der Waals surface area contributed by atoms with E-state index in [0.29, 0.717) is 30.6 Å². The first kappa shape index (κ1) is 31.4. The summed E-state index contributed by atoms with van der Waals surface area (Å²) in [7, 11) is 1.82. The van der Waals surface area contributed by atoms with Crippen LogP contribution in [0.3, 0.4) is 0 Å². The standard InChI is InChI=1S/C26H34N10O6/c1-36(13-15-12-31-22-20(32-15)21(28)34-26(29)35-22)16-7-5-14(6-8-16)23(39)33-18(9-10-19(37)38)24(40)30-11-3-2-4-17(27)25(41)42/h5-8,12,17-18H,2-4,9-11,13,27H2,1H3,(H,30,40)(H,33,39)(H,37,38)(H,41,42)(H4,28,29,31,34,35)/t17-,18+/m0/s1. The minimum absolute atomic E-state index is 0.00713. The summed E-state index contributed by atoms with van der Waals surface area (Å²) in [5, 5.41) is 23.2. The van der Waals surface area contributed by atoms with Gasteiger partial charge in [-0.15, -0.1) is 0 Å². The summed E-state index contributed by atoms with van der Waals surface area (Å²) in [5.41, 5.74) is 19.2. The summed E-state index contributed by atoms with van der Waals surface area (Å²) in [5.74, 6) is -3.14. The second kappa shape index (κ2) is 14.5. The first-order chi connectivity index (χ1) is 19.9. The summed E-state index contributed by atoms with van der Waals surface area (Å²) in [6.07, 6.45) is 2.34. The fourth-order valence-corrected chi connectivity index (χ4v) is 3.99. The number of aliphatic carboxylic acids is 2. The maximum atomic E-state index is 12.9. The molecule has 0 aliphatic carbocycles. The number of anilines is 3. The van der Waals surface area contributed by atoms with Crippen molar-refractivity contribution in [1.29, 1.82) is 0 Å². The van der Waals surface area contributed by atoms with E-state index in [-0.39, 0.29) is 48.8 Å². The quantitative estimate of drug-likeness (QED) is 0.115. The number of hydrogen-bond acceptors (Lipinski definition) is 12. The molecule has 0 radical (unpaired) electrons. The number of aromatic nitrogens is 4. The van der Waals surface area contributed by atoms with Crippen molar-refractivity contribution in [2.24, 2.45) is 5.73 Å². The van der Waals surface area contributed by atoms with Crippen LogP contribution >= 0.6 is 0 Å². The lowest BCUT2D eigenvalue weighted by molar-refractivity contribution is -0.139. The van der Waals surface area contributed by atoms with E-state index in [1.807, 2.05) is 11.9 Å². The smallest absolute Gasteiger partial charge is 0.320 e. The zero-order chi connectivity index (χ0) is 30.8. The van der Waals surface area contributed by atoms with E-state index in [1.165, 1.54) is 0 Å². The third-order valence-corrected chi connectivity index (χ3v) is 6.30. The molecule has 2 heterocycles. The lowest BCUT2D eigenvalue weighted by Crippen LogP contribution is -2.47. The number of carbonyl (C=O) groups is 4. The van der Waals surface area contributed by atoms with Crippen LogP contribution in [0.15, 0.2) is 30.5 Å². The molecule has 10 N–H and O–H groups in total. The Bertz CT molecular complexity index is 1440. The summed E-state index contributed by atoms with van der Waals surface area (Å²) in [4.78, 5) is 66.0.